The van der Waals surface area contributed by atoms with Crippen molar-refractivity contribution in [3.8, 4) is 11.1 Å². The summed E-state index contributed by atoms with van der Waals surface area (Å²) >= 11 is 0. The molecule has 1 N–H and O–H groups in total. The number of hydrogen-bond donors (Lipinski definition) is 1. The quantitative estimate of drug-likeness (QED) is 0.369. The highest BCUT2D eigenvalue weighted by atomic mass is 28.4. The molecule has 0 bridgehead atoms. The molecule has 0 saturated heterocycles. The molecular weight excluding hydrogens is 418 g/mol. The van der Waals surface area contributed by atoms with E-state index >= 15 is 0 Å². The zero-order valence-electron chi connectivity index (χ0n) is 21.3. The lowest BCUT2D eigenvalue weighted by atomic mass is 9.79. The van der Waals surface area contributed by atoms with Crippen molar-refractivity contribution in [2.45, 2.75) is 64.3 Å². The molecule has 0 radical (unpaired) electrons. The van der Waals surface area contributed by atoms with E-state index in [9.17, 15) is 0 Å². The Balaban J connectivity index is 1.72. The first-order valence-electron chi connectivity index (χ1n) is 12.2. The molecule has 0 saturated carbocycles. The van der Waals surface area contributed by atoms with E-state index in [1.807, 2.05) is 0 Å². The normalized spacial score (nSPS) is 16.7. The number of rotatable bonds is 7. The van der Waals surface area contributed by atoms with Crippen LogP contribution < -0.4 is 5.32 Å². The van der Waals surface area contributed by atoms with E-state index in [1.165, 1.54) is 27.8 Å². The topological polar surface area (TPSA) is 21.3 Å². The summed E-state index contributed by atoms with van der Waals surface area (Å²) in [5.41, 5.74) is 6.22. The van der Waals surface area contributed by atoms with Gasteiger partial charge in [0.2, 0.25) is 0 Å². The Morgan fingerprint density at radius 2 is 1.27 bits per heavy atom. The molecule has 1 aliphatic rings. The maximum Gasteiger partial charge on any atom is 0.191 e. The maximum atomic E-state index is 6.62. The second-order valence-corrected chi connectivity index (χ2v) is 16.0. The number of fused-ring (bicyclic) bond motifs is 3. The zero-order chi connectivity index (χ0) is 23.9. The van der Waals surface area contributed by atoms with Crippen molar-refractivity contribution in [2.75, 3.05) is 6.61 Å². The molecule has 0 spiro atoms. The average Bonchev–Trinajstić information content (AvgIpc) is 3.08. The Kier molecular flexibility index (Phi) is 6.43. The molecule has 2 atom stereocenters. The van der Waals surface area contributed by atoms with Crippen molar-refractivity contribution < 1.29 is 4.43 Å². The molecule has 174 valence electrons. The fraction of sp³-hybridized carbons (Fsp3) is 0.400. The Morgan fingerprint density at radius 3 is 1.79 bits per heavy atom. The van der Waals surface area contributed by atoms with Crippen molar-refractivity contribution in [1.29, 1.82) is 0 Å². The maximum absolute atomic E-state index is 6.62. The summed E-state index contributed by atoms with van der Waals surface area (Å²) in [5.74, 6) is 0.375. The predicted octanol–water partition coefficient (Wildman–Crippen LogP) is 7.59. The van der Waals surface area contributed by atoms with Crippen LogP contribution in [0.4, 0.5) is 0 Å². The van der Waals surface area contributed by atoms with Crippen LogP contribution in [0, 0.1) is 5.92 Å². The van der Waals surface area contributed by atoms with Gasteiger partial charge in [-0.15, -0.1) is 0 Å². The molecule has 0 amide bonds. The minimum atomic E-state index is -1.78. The first kappa shape index (κ1) is 23.9. The fourth-order valence-corrected chi connectivity index (χ4v) is 5.77. The molecule has 2 nitrogen and oxygen atoms in total. The average molecular weight is 458 g/mol. The van der Waals surface area contributed by atoms with Gasteiger partial charge in [0, 0.05) is 12.6 Å². The highest BCUT2D eigenvalue weighted by molar-refractivity contribution is 6.74. The Labute approximate surface area is 201 Å². The molecule has 0 aromatic heterocycles. The van der Waals surface area contributed by atoms with Gasteiger partial charge in [0.05, 0.1) is 5.54 Å². The van der Waals surface area contributed by atoms with Crippen LogP contribution in [0.2, 0.25) is 18.1 Å². The molecule has 3 aromatic rings. The second kappa shape index (κ2) is 8.86. The molecule has 0 heterocycles. The van der Waals surface area contributed by atoms with Crippen LogP contribution >= 0.6 is 0 Å². The van der Waals surface area contributed by atoms with Gasteiger partial charge in [-0.2, -0.15) is 0 Å². The van der Waals surface area contributed by atoms with Gasteiger partial charge in [0.25, 0.3) is 0 Å². The van der Waals surface area contributed by atoms with Crippen molar-refractivity contribution in [2.24, 2.45) is 5.92 Å². The lowest BCUT2D eigenvalue weighted by Gasteiger charge is -2.40. The molecule has 0 fully saturated rings. The number of hydrogen-bond acceptors (Lipinski definition) is 2. The Morgan fingerprint density at radius 1 is 0.788 bits per heavy atom. The standard InChI is InChI=1S/C30H39NOSi/c1-22(21-32-33(6,7)29(3,4)5)23(2)31-30(24-15-9-8-10-16-24)27-19-13-11-17-25(27)26-18-12-14-20-28(26)30/h8-20,22-23,31H,21H2,1-7H3. The van der Waals surface area contributed by atoms with Gasteiger partial charge < -0.3 is 4.43 Å². The molecule has 2 unspecified atom stereocenters. The van der Waals surface area contributed by atoms with E-state index in [4.69, 9.17) is 4.43 Å². The molecule has 3 aromatic carbocycles. The first-order chi connectivity index (χ1) is 15.6. The third kappa shape index (κ3) is 4.23. The summed E-state index contributed by atoms with van der Waals surface area (Å²) in [7, 11) is -1.78. The van der Waals surface area contributed by atoms with Crippen LogP contribution in [0.25, 0.3) is 11.1 Å². The third-order valence-electron chi connectivity index (χ3n) is 7.97. The van der Waals surface area contributed by atoms with Crippen LogP contribution in [0.3, 0.4) is 0 Å². The summed E-state index contributed by atoms with van der Waals surface area (Å²) in [4.78, 5) is 0. The summed E-state index contributed by atoms with van der Waals surface area (Å²) in [6, 6.07) is 28.9. The van der Waals surface area contributed by atoms with Crippen LogP contribution in [-0.2, 0) is 9.96 Å². The van der Waals surface area contributed by atoms with E-state index < -0.39 is 8.32 Å². The van der Waals surface area contributed by atoms with Crippen LogP contribution in [-0.4, -0.2) is 21.0 Å². The van der Waals surface area contributed by atoms with Gasteiger partial charge >= 0.3 is 0 Å². The van der Waals surface area contributed by atoms with Gasteiger partial charge in [0.15, 0.2) is 8.32 Å². The SMILES string of the molecule is CC(CO[Si](C)(C)C(C)(C)C)C(C)NC1(c2ccccc2)c2ccccc2-c2ccccc21. The number of nitrogens with one attached hydrogen (secondary N) is 1. The van der Waals surface area contributed by atoms with E-state index in [0.717, 1.165) is 6.61 Å². The van der Waals surface area contributed by atoms with Crippen molar-refractivity contribution in [1.82, 2.24) is 5.32 Å². The summed E-state index contributed by atoms with van der Waals surface area (Å²) in [6.45, 7) is 17.0. The van der Waals surface area contributed by atoms with E-state index in [1.54, 1.807) is 0 Å². The van der Waals surface area contributed by atoms with Crippen molar-refractivity contribution in [3.63, 3.8) is 0 Å². The molecule has 3 heteroatoms. The fourth-order valence-electron chi connectivity index (χ4n) is 4.66. The Bertz CT molecular complexity index is 1050. The number of benzene rings is 3. The monoisotopic (exact) mass is 457 g/mol. The third-order valence-corrected chi connectivity index (χ3v) is 12.5. The van der Waals surface area contributed by atoms with E-state index in [2.05, 4.69) is 132 Å². The molecule has 4 rings (SSSR count). The zero-order valence-corrected chi connectivity index (χ0v) is 22.3. The highest BCUT2D eigenvalue weighted by Crippen LogP contribution is 2.51. The predicted molar refractivity (Wildman–Crippen MR) is 143 cm³/mol. The van der Waals surface area contributed by atoms with Gasteiger partial charge in [-0.05, 0) is 58.8 Å². The van der Waals surface area contributed by atoms with Gasteiger partial charge in [-0.1, -0.05) is 107 Å². The first-order valence-corrected chi connectivity index (χ1v) is 15.2. The smallest absolute Gasteiger partial charge is 0.191 e. The lowest BCUT2D eigenvalue weighted by Crippen LogP contribution is -2.51. The highest BCUT2D eigenvalue weighted by Gasteiger charge is 2.45. The summed E-state index contributed by atoms with van der Waals surface area (Å²) in [5, 5.41) is 4.35. The summed E-state index contributed by atoms with van der Waals surface area (Å²) < 4.78 is 6.62. The lowest BCUT2D eigenvalue weighted by molar-refractivity contribution is 0.198. The minimum absolute atomic E-state index is 0.220. The minimum Gasteiger partial charge on any atom is -0.416 e. The molecular formula is C30H39NOSi. The molecule has 1 aliphatic carbocycles. The van der Waals surface area contributed by atoms with Crippen LogP contribution in [0.5, 0.6) is 0 Å². The van der Waals surface area contributed by atoms with Crippen LogP contribution in [0.15, 0.2) is 78.9 Å². The summed E-state index contributed by atoms with van der Waals surface area (Å²) in [6.07, 6.45) is 0. The van der Waals surface area contributed by atoms with E-state index in [-0.39, 0.29) is 16.6 Å². The van der Waals surface area contributed by atoms with Gasteiger partial charge in [-0.3, -0.25) is 5.32 Å². The largest absolute Gasteiger partial charge is 0.416 e. The second-order valence-electron chi connectivity index (χ2n) is 11.2. The Hall–Kier alpha value is -2.20. The van der Waals surface area contributed by atoms with Crippen molar-refractivity contribution >= 4 is 8.32 Å². The van der Waals surface area contributed by atoms with E-state index in [0.29, 0.717) is 5.92 Å². The molecule has 0 aliphatic heterocycles. The van der Waals surface area contributed by atoms with Crippen molar-refractivity contribution in [3.05, 3.63) is 95.6 Å². The van der Waals surface area contributed by atoms with Gasteiger partial charge in [-0.25, -0.2) is 0 Å². The van der Waals surface area contributed by atoms with Crippen LogP contribution in [0.1, 0.15) is 51.3 Å². The molecule has 33 heavy (non-hydrogen) atoms. The van der Waals surface area contributed by atoms with Gasteiger partial charge in [0.1, 0.15) is 0 Å².